The summed E-state index contributed by atoms with van der Waals surface area (Å²) in [5.41, 5.74) is 2.27. The largest absolute Gasteiger partial charge is 0.369 e. The third-order valence-electron chi connectivity index (χ3n) is 2.88. The number of hydrogen-bond acceptors (Lipinski definition) is 3. The van der Waals surface area contributed by atoms with Crippen LogP contribution in [0.2, 0.25) is 9.36 Å². The van der Waals surface area contributed by atoms with Crippen LogP contribution in [0.25, 0.3) is 0 Å². The van der Waals surface area contributed by atoms with E-state index in [1.807, 2.05) is 25.2 Å². The summed E-state index contributed by atoms with van der Waals surface area (Å²) in [5, 5.41) is 3.95. The fourth-order valence-corrected chi connectivity index (χ4v) is 3.39. The van der Waals surface area contributed by atoms with Crippen molar-refractivity contribution >= 4 is 40.2 Å². The predicted octanol–water partition coefficient (Wildman–Crippen LogP) is 4.41. The fraction of sp³-hybridized carbons (Fsp3) is 0.286. The smallest absolute Gasteiger partial charge is 0.0931 e. The number of nitrogens with one attached hydrogen (secondary N) is 1. The van der Waals surface area contributed by atoms with E-state index in [0.29, 0.717) is 0 Å². The van der Waals surface area contributed by atoms with Crippen molar-refractivity contribution < 1.29 is 0 Å². The van der Waals surface area contributed by atoms with Crippen LogP contribution in [0, 0.1) is 0 Å². The Morgan fingerprint density at radius 3 is 2.63 bits per heavy atom. The molecular weight excluding hydrogens is 299 g/mol. The summed E-state index contributed by atoms with van der Waals surface area (Å²) in [6, 6.07) is 9.99. The summed E-state index contributed by atoms with van der Waals surface area (Å²) in [4.78, 5) is 3.43. The lowest BCUT2D eigenvalue weighted by Gasteiger charge is -2.22. The molecule has 0 amide bonds. The van der Waals surface area contributed by atoms with Crippen molar-refractivity contribution in [2.75, 3.05) is 19.0 Å². The molecule has 0 bridgehead atoms. The molecule has 19 heavy (non-hydrogen) atoms. The average molecular weight is 315 g/mol. The van der Waals surface area contributed by atoms with Crippen molar-refractivity contribution in [3.05, 3.63) is 50.1 Å². The van der Waals surface area contributed by atoms with E-state index in [-0.39, 0.29) is 0 Å². The Balaban J connectivity index is 2.23. The van der Waals surface area contributed by atoms with Crippen molar-refractivity contribution in [2.45, 2.75) is 13.1 Å². The van der Waals surface area contributed by atoms with E-state index < -0.39 is 0 Å². The number of thiophene rings is 1. The molecule has 0 saturated carbocycles. The van der Waals surface area contributed by atoms with Gasteiger partial charge in [-0.3, -0.25) is 0 Å². The first-order valence-electron chi connectivity index (χ1n) is 5.99. The lowest BCUT2D eigenvalue weighted by Crippen LogP contribution is -2.19. The Hall–Kier alpha value is -0.740. The lowest BCUT2D eigenvalue weighted by atomic mass is 10.1. The van der Waals surface area contributed by atoms with Crippen molar-refractivity contribution in [1.29, 1.82) is 0 Å². The highest BCUT2D eigenvalue weighted by Crippen LogP contribution is 2.29. The molecule has 5 heteroatoms. The standard InChI is InChI=1S/C14H16Cl2N2S/c1-17-8-11-12(15)4-3-5-13(11)18(2)9-10-6-7-14(16)19-10/h3-7,17H,8-9H2,1-2H3. The fourth-order valence-electron chi connectivity index (χ4n) is 2.01. The van der Waals surface area contributed by atoms with Gasteiger partial charge in [-0.05, 0) is 31.3 Å². The third-order valence-corrected chi connectivity index (χ3v) is 4.45. The van der Waals surface area contributed by atoms with Gasteiger partial charge < -0.3 is 10.2 Å². The van der Waals surface area contributed by atoms with Gasteiger partial charge in [0.25, 0.3) is 0 Å². The quantitative estimate of drug-likeness (QED) is 0.879. The van der Waals surface area contributed by atoms with E-state index in [1.165, 1.54) is 4.88 Å². The van der Waals surface area contributed by atoms with Crippen molar-refractivity contribution in [1.82, 2.24) is 5.32 Å². The highest BCUT2D eigenvalue weighted by atomic mass is 35.5. The van der Waals surface area contributed by atoms with Crippen LogP contribution < -0.4 is 10.2 Å². The van der Waals surface area contributed by atoms with Crippen LogP contribution in [0.15, 0.2) is 30.3 Å². The van der Waals surface area contributed by atoms with Gasteiger partial charge in [0.2, 0.25) is 0 Å². The third kappa shape index (κ3) is 3.63. The summed E-state index contributed by atoms with van der Waals surface area (Å²) in [7, 11) is 3.99. The van der Waals surface area contributed by atoms with Crippen LogP contribution in [-0.4, -0.2) is 14.1 Å². The van der Waals surface area contributed by atoms with E-state index in [4.69, 9.17) is 23.2 Å². The van der Waals surface area contributed by atoms with Gasteiger partial charge in [-0.2, -0.15) is 0 Å². The number of hydrogen-bond donors (Lipinski definition) is 1. The lowest BCUT2D eigenvalue weighted by molar-refractivity contribution is 0.807. The molecule has 102 valence electrons. The van der Waals surface area contributed by atoms with Crippen LogP contribution in [-0.2, 0) is 13.1 Å². The highest BCUT2D eigenvalue weighted by molar-refractivity contribution is 7.16. The molecule has 0 unspecified atom stereocenters. The van der Waals surface area contributed by atoms with E-state index in [0.717, 1.165) is 33.7 Å². The molecule has 1 aromatic heterocycles. The monoisotopic (exact) mass is 314 g/mol. The van der Waals surface area contributed by atoms with E-state index in [1.54, 1.807) is 11.3 Å². The number of benzene rings is 1. The number of rotatable bonds is 5. The van der Waals surface area contributed by atoms with Crippen molar-refractivity contribution in [3.8, 4) is 0 Å². The average Bonchev–Trinajstić information content (AvgIpc) is 2.77. The minimum absolute atomic E-state index is 0.755. The molecule has 2 rings (SSSR count). The second-order valence-corrected chi connectivity index (χ2v) is 6.54. The van der Waals surface area contributed by atoms with Gasteiger partial charge in [0.05, 0.1) is 10.9 Å². The first-order valence-corrected chi connectivity index (χ1v) is 7.56. The molecule has 1 heterocycles. The van der Waals surface area contributed by atoms with Crippen molar-refractivity contribution in [3.63, 3.8) is 0 Å². The predicted molar refractivity (Wildman–Crippen MR) is 85.7 cm³/mol. The molecule has 1 aromatic carbocycles. The van der Waals surface area contributed by atoms with Gasteiger partial charge in [-0.15, -0.1) is 11.3 Å². The molecule has 1 N–H and O–H groups in total. The molecule has 0 aliphatic rings. The minimum atomic E-state index is 0.755. The second-order valence-electron chi connectivity index (χ2n) is 4.33. The van der Waals surface area contributed by atoms with Crippen LogP contribution in [0.3, 0.4) is 0 Å². The molecule has 2 nitrogen and oxygen atoms in total. The molecule has 0 aliphatic carbocycles. The Morgan fingerprint density at radius 1 is 1.21 bits per heavy atom. The maximum Gasteiger partial charge on any atom is 0.0931 e. The summed E-state index contributed by atoms with van der Waals surface area (Å²) in [6.07, 6.45) is 0. The summed E-state index contributed by atoms with van der Waals surface area (Å²) >= 11 is 13.8. The van der Waals surface area contributed by atoms with Crippen LogP contribution in [0.4, 0.5) is 5.69 Å². The van der Waals surface area contributed by atoms with E-state index in [2.05, 4.69) is 29.4 Å². The van der Waals surface area contributed by atoms with Crippen LogP contribution >= 0.6 is 34.5 Å². The molecule has 0 fully saturated rings. The summed E-state index contributed by atoms with van der Waals surface area (Å²) < 4.78 is 0.824. The SMILES string of the molecule is CNCc1c(Cl)cccc1N(C)Cc1ccc(Cl)s1. The number of anilines is 1. The molecule has 0 atom stereocenters. The van der Waals surface area contributed by atoms with E-state index in [9.17, 15) is 0 Å². The van der Waals surface area contributed by atoms with Crippen LogP contribution in [0.1, 0.15) is 10.4 Å². The Kier molecular flexibility index (Phi) is 5.11. The first-order chi connectivity index (χ1) is 9.11. The zero-order valence-corrected chi connectivity index (χ0v) is 13.2. The molecule has 0 spiro atoms. The maximum absolute atomic E-state index is 6.27. The summed E-state index contributed by atoms with van der Waals surface area (Å²) in [5.74, 6) is 0. The maximum atomic E-state index is 6.27. The molecular formula is C14H16Cl2N2S. The first kappa shape index (κ1) is 14.7. The normalized spacial score (nSPS) is 10.7. The number of nitrogens with zero attached hydrogens (tertiary/aromatic N) is 1. The molecule has 2 aromatic rings. The van der Waals surface area contributed by atoms with Gasteiger partial charge in [0.15, 0.2) is 0 Å². The Labute approximate surface area is 128 Å². The Bertz CT molecular complexity index is 554. The Morgan fingerprint density at radius 2 is 2.00 bits per heavy atom. The van der Waals surface area contributed by atoms with Gasteiger partial charge in [0, 0.05) is 34.7 Å². The molecule has 0 radical (unpaired) electrons. The highest BCUT2D eigenvalue weighted by Gasteiger charge is 2.11. The van der Waals surface area contributed by atoms with Gasteiger partial charge >= 0.3 is 0 Å². The van der Waals surface area contributed by atoms with E-state index >= 15 is 0 Å². The minimum Gasteiger partial charge on any atom is -0.369 e. The number of halogens is 2. The zero-order chi connectivity index (χ0) is 13.8. The van der Waals surface area contributed by atoms with Crippen molar-refractivity contribution in [2.24, 2.45) is 0 Å². The molecule has 0 saturated heterocycles. The van der Waals surface area contributed by atoms with Gasteiger partial charge in [-0.1, -0.05) is 29.3 Å². The van der Waals surface area contributed by atoms with Gasteiger partial charge in [0.1, 0.15) is 0 Å². The second kappa shape index (κ2) is 6.62. The topological polar surface area (TPSA) is 15.3 Å². The van der Waals surface area contributed by atoms with Gasteiger partial charge in [-0.25, -0.2) is 0 Å². The summed E-state index contributed by atoms with van der Waals surface area (Å²) in [6.45, 7) is 1.58. The molecule has 0 aliphatic heterocycles. The zero-order valence-electron chi connectivity index (χ0n) is 10.9. The van der Waals surface area contributed by atoms with Crippen LogP contribution in [0.5, 0.6) is 0 Å².